The molecule has 30 heavy (non-hydrogen) atoms. The number of rotatable bonds is 9. The quantitative estimate of drug-likeness (QED) is 0.339. The van der Waals surface area contributed by atoms with Crippen molar-refractivity contribution in [1.82, 2.24) is 4.98 Å². The average Bonchev–Trinajstić information content (AvgIpc) is 2.79. The number of ether oxygens (including phenoxy) is 3. The summed E-state index contributed by atoms with van der Waals surface area (Å²) in [5, 5.41) is 1.07. The molecule has 0 aliphatic rings. The molecule has 3 aromatic carbocycles. The fraction of sp³-hybridized carbons (Fsp3) is 0.192. The molecule has 152 valence electrons. The SMILES string of the molecule is Cc1ccc2cccc(OCCOCCOc3ccccc3-c3ccccc3)c2n1. The van der Waals surface area contributed by atoms with Crippen LogP contribution in [-0.4, -0.2) is 31.4 Å². The van der Waals surface area contributed by atoms with Crippen molar-refractivity contribution in [3.8, 4) is 22.6 Å². The number of hydrogen-bond donors (Lipinski definition) is 0. The number of fused-ring (bicyclic) bond motifs is 1. The summed E-state index contributed by atoms with van der Waals surface area (Å²) >= 11 is 0. The molecule has 0 saturated carbocycles. The van der Waals surface area contributed by atoms with E-state index in [1.165, 1.54) is 0 Å². The lowest BCUT2D eigenvalue weighted by atomic mass is 10.1. The molecular weight excluding hydrogens is 374 g/mol. The molecule has 0 bridgehead atoms. The van der Waals surface area contributed by atoms with E-state index in [-0.39, 0.29) is 0 Å². The number of para-hydroxylation sites is 2. The van der Waals surface area contributed by atoms with E-state index in [9.17, 15) is 0 Å². The van der Waals surface area contributed by atoms with Crippen LogP contribution in [0.4, 0.5) is 0 Å². The first-order valence-corrected chi connectivity index (χ1v) is 10.2. The maximum absolute atomic E-state index is 5.95. The first-order valence-electron chi connectivity index (χ1n) is 10.2. The van der Waals surface area contributed by atoms with Crippen LogP contribution in [0.25, 0.3) is 22.0 Å². The zero-order chi connectivity index (χ0) is 20.6. The van der Waals surface area contributed by atoms with Crippen molar-refractivity contribution in [2.45, 2.75) is 6.92 Å². The van der Waals surface area contributed by atoms with Crippen LogP contribution in [0.3, 0.4) is 0 Å². The Labute approximate surface area is 177 Å². The van der Waals surface area contributed by atoms with Gasteiger partial charge in [-0.2, -0.15) is 0 Å². The lowest BCUT2D eigenvalue weighted by Crippen LogP contribution is -2.12. The van der Waals surface area contributed by atoms with E-state index in [1.807, 2.05) is 67.6 Å². The second-order valence-electron chi connectivity index (χ2n) is 6.95. The van der Waals surface area contributed by atoms with Crippen LogP contribution >= 0.6 is 0 Å². The number of aryl methyl sites for hydroxylation is 1. The highest BCUT2D eigenvalue weighted by Crippen LogP contribution is 2.29. The number of aromatic nitrogens is 1. The molecular formula is C26H25NO3. The van der Waals surface area contributed by atoms with Gasteiger partial charge in [-0.3, -0.25) is 0 Å². The Kier molecular flexibility index (Phi) is 6.58. The zero-order valence-electron chi connectivity index (χ0n) is 17.1. The van der Waals surface area contributed by atoms with Crippen LogP contribution in [0.2, 0.25) is 0 Å². The van der Waals surface area contributed by atoms with Crippen molar-refractivity contribution in [3.63, 3.8) is 0 Å². The molecule has 0 atom stereocenters. The van der Waals surface area contributed by atoms with Gasteiger partial charge in [0.2, 0.25) is 0 Å². The standard InChI is InChI=1S/C26H25NO3/c1-20-14-15-22-10-7-13-25(26(22)27-20)30-19-17-28-16-18-29-24-12-6-5-11-23(24)21-8-3-2-4-9-21/h2-15H,16-19H2,1H3. The van der Waals surface area contributed by atoms with Gasteiger partial charge in [0.05, 0.1) is 13.2 Å². The van der Waals surface area contributed by atoms with E-state index in [0.29, 0.717) is 26.4 Å². The van der Waals surface area contributed by atoms with Crippen molar-refractivity contribution >= 4 is 10.9 Å². The lowest BCUT2D eigenvalue weighted by Gasteiger charge is -2.12. The summed E-state index contributed by atoms with van der Waals surface area (Å²) in [4.78, 5) is 4.58. The van der Waals surface area contributed by atoms with E-state index in [1.54, 1.807) is 0 Å². The largest absolute Gasteiger partial charge is 0.491 e. The summed E-state index contributed by atoms with van der Waals surface area (Å²) < 4.78 is 17.5. The minimum absolute atomic E-state index is 0.468. The predicted molar refractivity (Wildman–Crippen MR) is 120 cm³/mol. The maximum atomic E-state index is 5.95. The molecule has 4 rings (SSSR count). The molecule has 1 heterocycles. The average molecular weight is 399 g/mol. The normalized spacial score (nSPS) is 10.8. The van der Waals surface area contributed by atoms with Crippen molar-refractivity contribution in [3.05, 3.63) is 90.6 Å². The van der Waals surface area contributed by atoms with Gasteiger partial charge >= 0.3 is 0 Å². The molecule has 0 fully saturated rings. The summed E-state index contributed by atoms with van der Waals surface area (Å²) in [5.41, 5.74) is 4.09. The van der Waals surface area contributed by atoms with Gasteiger partial charge in [0.1, 0.15) is 30.2 Å². The lowest BCUT2D eigenvalue weighted by molar-refractivity contribution is 0.0769. The van der Waals surface area contributed by atoms with Crippen molar-refractivity contribution in [2.24, 2.45) is 0 Å². The number of hydrogen-bond acceptors (Lipinski definition) is 4. The molecule has 4 aromatic rings. The number of benzene rings is 3. The summed E-state index contributed by atoms with van der Waals surface area (Å²) in [6.07, 6.45) is 0. The maximum Gasteiger partial charge on any atom is 0.145 e. The Bertz CT molecular complexity index is 1100. The van der Waals surface area contributed by atoms with Gasteiger partial charge in [0.25, 0.3) is 0 Å². The third kappa shape index (κ3) is 4.97. The highest BCUT2D eigenvalue weighted by atomic mass is 16.5. The van der Waals surface area contributed by atoms with E-state index in [0.717, 1.165) is 39.2 Å². The van der Waals surface area contributed by atoms with Crippen molar-refractivity contribution in [1.29, 1.82) is 0 Å². The summed E-state index contributed by atoms with van der Waals surface area (Å²) in [5.74, 6) is 1.65. The zero-order valence-corrected chi connectivity index (χ0v) is 17.1. The molecule has 0 radical (unpaired) electrons. The summed E-state index contributed by atoms with van der Waals surface area (Å²) in [7, 11) is 0. The highest BCUT2D eigenvalue weighted by Gasteiger charge is 2.06. The minimum Gasteiger partial charge on any atom is -0.491 e. The molecule has 0 spiro atoms. The van der Waals surface area contributed by atoms with Gasteiger partial charge in [-0.15, -0.1) is 0 Å². The van der Waals surface area contributed by atoms with E-state index in [2.05, 4.69) is 29.2 Å². The Hall–Kier alpha value is -3.37. The fourth-order valence-corrected chi connectivity index (χ4v) is 3.31. The van der Waals surface area contributed by atoms with Gasteiger partial charge < -0.3 is 14.2 Å². The molecule has 0 aliphatic heterocycles. The van der Waals surface area contributed by atoms with Gasteiger partial charge in [-0.05, 0) is 30.7 Å². The smallest absolute Gasteiger partial charge is 0.145 e. The molecule has 4 heteroatoms. The monoisotopic (exact) mass is 399 g/mol. The third-order valence-corrected chi connectivity index (χ3v) is 4.76. The van der Waals surface area contributed by atoms with E-state index >= 15 is 0 Å². The van der Waals surface area contributed by atoms with Gasteiger partial charge in [-0.1, -0.05) is 66.7 Å². The van der Waals surface area contributed by atoms with Gasteiger partial charge in [0, 0.05) is 16.6 Å². The van der Waals surface area contributed by atoms with E-state index < -0.39 is 0 Å². The first kappa shape index (κ1) is 19.9. The summed E-state index contributed by atoms with van der Waals surface area (Å²) in [6, 6.07) is 28.3. The Morgan fingerprint density at radius 1 is 0.633 bits per heavy atom. The topological polar surface area (TPSA) is 40.6 Å². The van der Waals surface area contributed by atoms with Crippen LogP contribution in [0.5, 0.6) is 11.5 Å². The second-order valence-corrected chi connectivity index (χ2v) is 6.95. The summed E-state index contributed by atoms with van der Waals surface area (Å²) in [6.45, 7) is 3.93. The molecule has 0 amide bonds. The van der Waals surface area contributed by atoms with Crippen molar-refractivity contribution < 1.29 is 14.2 Å². The third-order valence-electron chi connectivity index (χ3n) is 4.76. The molecule has 0 aliphatic carbocycles. The van der Waals surface area contributed by atoms with Gasteiger partial charge in [0.15, 0.2) is 0 Å². The molecule has 0 saturated heterocycles. The molecule has 4 nitrogen and oxygen atoms in total. The number of pyridine rings is 1. The fourth-order valence-electron chi connectivity index (χ4n) is 3.31. The van der Waals surface area contributed by atoms with Crippen LogP contribution in [0, 0.1) is 6.92 Å². The Morgan fingerprint density at radius 2 is 1.33 bits per heavy atom. The van der Waals surface area contributed by atoms with Crippen LogP contribution in [0.15, 0.2) is 84.9 Å². The molecule has 0 unspecified atom stereocenters. The highest BCUT2D eigenvalue weighted by molar-refractivity contribution is 5.84. The first-order chi connectivity index (χ1) is 14.8. The minimum atomic E-state index is 0.468. The molecule has 1 aromatic heterocycles. The molecule has 0 N–H and O–H groups in total. The van der Waals surface area contributed by atoms with Gasteiger partial charge in [-0.25, -0.2) is 4.98 Å². The van der Waals surface area contributed by atoms with Crippen molar-refractivity contribution in [2.75, 3.05) is 26.4 Å². The van der Waals surface area contributed by atoms with E-state index in [4.69, 9.17) is 14.2 Å². The number of nitrogens with zero attached hydrogens (tertiary/aromatic N) is 1. The second kappa shape index (κ2) is 9.90. The Morgan fingerprint density at radius 3 is 2.17 bits per heavy atom. The Balaban J connectivity index is 1.23. The van der Waals surface area contributed by atoms with Crippen LogP contribution in [-0.2, 0) is 4.74 Å². The van der Waals surface area contributed by atoms with Crippen LogP contribution in [0.1, 0.15) is 5.69 Å². The predicted octanol–water partition coefficient (Wildman–Crippen LogP) is 5.68. The van der Waals surface area contributed by atoms with Crippen LogP contribution < -0.4 is 9.47 Å².